The smallest absolute Gasteiger partial charge is 0.358 e. The van der Waals surface area contributed by atoms with Crippen LogP contribution in [0.4, 0.5) is 0 Å². The second-order valence-corrected chi connectivity index (χ2v) is 1.81. The maximum atomic E-state index is 3.88. The van der Waals surface area contributed by atoms with Crippen molar-refractivity contribution in [1.82, 2.24) is 15.4 Å². The first-order chi connectivity index (χ1) is 4.47. The Morgan fingerprint density at radius 2 is 1.45 bits per heavy atom. The van der Waals surface area contributed by atoms with E-state index in [4.69, 9.17) is 0 Å². The number of nitrogens with zero attached hydrogens (tertiary/aromatic N) is 2. The van der Waals surface area contributed by atoms with E-state index in [0.29, 0.717) is 0 Å². The van der Waals surface area contributed by atoms with Crippen LogP contribution in [0.1, 0.15) is 0 Å². The number of hydrogen-bond acceptors (Lipinski definition) is 2. The van der Waals surface area contributed by atoms with Crippen molar-refractivity contribution in [2.75, 3.05) is 0 Å². The third-order valence-electron chi connectivity index (χ3n) is 1.22. The fourth-order valence-electron chi connectivity index (χ4n) is 0.786. The molecule has 1 aromatic heterocycles. The molecule has 4 heteroatoms. The Labute approximate surface area is 80.7 Å². The minimum absolute atomic E-state index is 0. The Morgan fingerprint density at radius 1 is 1.00 bits per heavy atom. The van der Waals surface area contributed by atoms with Crippen LogP contribution >= 0.6 is 0 Å². The van der Waals surface area contributed by atoms with Gasteiger partial charge >= 0.3 is 22.4 Å². The minimum Gasteiger partial charge on any atom is -0.358 e. The van der Waals surface area contributed by atoms with Crippen molar-refractivity contribution in [3.05, 3.63) is 31.7 Å². The molecule has 1 N–H and O–H groups in total. The summed E-state index contributed by atoms with van der Waals surface area (Å²) >= 11 is 0. The van der Waals surface area contributed by atoms with Crippen LogP contribution in [-0.2, 0) is 22.4 Å². The van der Waals surface area contributed by atoms with Crippen LogP contribution in [0.5, 0.6) is 0 Å². The summed E-state index contributed by atoms with van der Waals surface area (Å²) in [5.41, 5.74) is 1.83. The van der Waals surface area contributed by atoms with Gasteiger partial charge in [-0.15, -0.1) is 0 Å². The third kappa shape index (κ3) is 1.89. The summed E-state index contributed by atoms with van der Waals surface area (Å²) < 4.78 is 0. The fraction of sp³-hybridized carbons (Fsp3) is 0. The first-order valence-corrected chi connectivity index (χ1v) is 2.72. The van der Waals surface area contributed by atoms with E-state index in [1.165, 1.54) is 0 Å². The second-order valence-electron chi connectivity index (χ2n) is 1.81. The molecule has 0 amide bonds. The Balaban J connectivity index is 0.000000500. The average Bonchev–Trinajstić information content (AvgIpc) is 2.33. The summed E-state index contributed by atoms with van der Waals surface area (Å²) in [7, 11) is 0. The minimum atomic E-state index is 0. The van der Waals surface area contributed by atoms with Crippen LogP contribution < -0.4 is 0 Å². The number of para-hydroxylation sites is 2. The number of aromatic amines is 1. The topological polar surface area (TPSA) is 41.6 Å². The van der Waals surface area contributed by atoms with E-state index in [1.807, 2.05) is 24.3 Å². The molecule has 0 atom stereocenters. The molecule has 0 fully saturated rings. The molecule has 0 unspecified atom stereocenters. The van der Waals surface area contributed by atoms with E-state index in [9.17, 15) is 0 Å². The molecule has 0 aliphatic heterocycles. The second kappa shape index (κ2) is 4.28. The molecule has 0 saturated heterocycles. The molecule has 2 rings (SSSR count). The van der Waals surface area contributed by atoms with Gasteiger partial charge in [-0.05, 0) is 12.1 Å². The molecule has 0 bridgehead atoms. The number of hydrogen-bond donors (Lipinski definition) is 1. The Bertz CT molecular complexity index is 288. The van der Waals surface area contributed by atoms with Crippen LogP contribution in [0.2, 0.25) is 0 Å². The molecule has 62 valence electrons. The Kier molecular flexibility index (Phi) is 4.03. The van der Waals surface area contributed by atoms with Crippen molar-refractivity contribution < 1.29 is 22.4 Å². The fourth-order valence-corrected chi connectivity index (χ4v) is 0.786. The van der Waals surface area contributed by atoms with E-state index in [2.05, 4.69) is 15.4 Å². The van der Waals surface area contributed by atoms with Gasteiger partial charge in [0.25, 0.3) is 0 Å². The van der Waals surface area contributed by atoms with Gasteiger partial charge in [0.1, 0.15) is 11.0 Å². The summed E-state index contributed by atoms with van der Waals surface area (Å²) in [6.45, 7) is 0. The largest absolute Gasteiger partial charge is 1.00 e. The molecule has 2 aromatic rings. The standard InChI is InChI=1S/C6H5N3.CH3.Ag/c1-2-4-6-5(3-1)7-9-8-6;;/h1-4H,(H,7,8,9);1H3;/q;-1;+1. The number of fused-ring (bicyclic) bond motifs is 1. The maximum absolute atomic E-state index is 3.88. The zero-order valence-electron chi connectivity index (χ0n) is 6.01. The summed E-state index contributed by atoms with van der Waals surface area (Å²) in [6.07, 6.45) is 0. The SMILES string of the molecule is [Ag+].[CH3-].c1ccc2n[nH]nc2c1. The van der Waals surface area contributed by atoms with Gasteiger partial charge in [0.05, 0.1) is 0 Å². The van der Waals surface area contributed by atoms with Gasteiger partial charge in [-0.2, -0.15) is 15.4 Å². The predicted octanol–water partition coefficient (Wildman–Crippen LogP) is 1.41. The van der Waals surface area contributed by atoms with E-state index in [-0.39, 0.29) is 29.8 Å². The van der Waals surface area contributed by atoms with Gasteiger partial charge in [-0.1, -0.05) is 12.1 Å². The number of aromatic nitrogens is 3. The summed E-state index contributed by atoms with van der Waals surface area (Å²) in [6, 6.07) is 7.70. The maximum Gasteiger partial charge on any atom is 1.00 e. The molecule has 3 nitrogen and oxygen atoms in total. The molecular formula is C7H8AgN3. The molecule has 0 saturated carbocycles. The third-order valence-corrected chi connectivity index (χ3v) is 1.22. The molecule has 0 aliphatic rings. The van der Waals surface area contributed by atoms with E-state index in [0.717, 1.165) is 11.0 Å². The van der Waals surface area contributed by atoms with Crippen LogP contribution in [0.15, 0.2) is 24.3 Å². The van der Waals surface area contributed by atoms with Crippen molar-refractivity contribution in [2.24, 2.45) is 0 Å². The Morgan fingerprint density at radius 3 is 1.91 bits per heavy atom. The number of rotatable bonds is 0. The number of benzene rings is 1. The van der Waals surface area contributed by atoms with Crippen molar-refractivity contribution in [1.29, 1.82) is 0 Å². The van der Waals surface area contributed by atoms with Gasteiger partial charge < -0.3 is 7.43 Å². The van der Waals surface area contributed by atoms with Crippen molar-refractivity contribution in [3.63, 3.8) is 0 Å². The summed E-state index contributed by atoms with van der Waals surface area (Å²) in [4.78, 5) is 0. The molecule has 0 aliphatic carbocycles. The van der Waals surface area contributed by atoms with Gasteiger partial charge in [-0.3, -0.25) is 0 Å². The summed E-state index contributed by atoms with van der Waals surface area (Å²) in [5, 5.41) is 10.3. The molecule has 0 radical (unpaired) electrons. The van der Waals surface area contributed by atoms with E-state index in [1.54, 1.807) is 0 Å². The van der Waals surface area contributed by atoms with Crippen LogP contribution in [-0.4, -0.2) is 15.4 Å². The Hall–Kier alpha value is -0.640. The molecular weight excluding hydrogens is 234 g/mol. The first-order valence-electron chi connectivity index (χ1n) is 2.72. The number of nitrogens with one attached hydrogen (secondary N) is 1. The molecule has 11 heavy (non-hydrogen) atoms. The number of H-pyrrole nitrogens is 1. The summed E-state index contributed by atoms with van der Waals surface area (Å²) in [5.74, 6) is 0. The van der Waals surface area contributed by atoms with E-state index < -0.39 is 0 Å². The van der Waals surface area contributed by atoms with Gasteiger partial charge in [0.15, 0.2) is 0 Å². The quantitative estimate of drug-likeness (QED) is 0.560. The van der Waals surface area contributed by atoms with Crippen LogP contribution in [0, 0.1) is 7.43 Å². The van der Waals surface area contributed by atoms with Crippen molar-refractivity contribution in [3.8, 4) is 0 Å². The van der Waals surface area contributed by atoms with Crippen molar-refractivity contribution >= 4 is 11.0 Å². The molecule has 1 aromatic carbocycles. The van der Waals surface area contributed by atoms with E-state index >= 15 is 0 Å². The average molecular weight is 242 g/mol. The zero-order chi connectivity index (χ0) is 6.10. The molecule has 0 spiro atoms. The van der Waals surface area contributed by atoms with Crippen LogP contribution in [0.3, 0.4) is 0 Å². The predicted molar refractivity (Wildman–Crippen MR) is 40.3 cm³/mol. The molecule has 1 heterocycles. The monoisotopic (exact) mass is 241 g/mol. The van der Waals surface area contributed by atoms with Gasteiger partial charge in [0.2, 0.25) is 0 Å². The van der Waals surface area contributed by atoms with Gasteiger partial charge in [-0.25, -0.2) is 0 Å². The first kappa shape index (κ1) is 10.4. The van der Waals surface area contributed by atoms with Crippen molar-refractivity contribution in [2.45, 2.75) is 0 Å². The normalized spacial score (nSPS) is 8.36. The zero-order valence-corrected chi connectivity index (χ0v) is 7.49. The van der Waals surface area contributed by atoms with Crippen LogP contribution in [0.25, 0.3) is 11.0 Å². The van der Waals surface area contributed by atoms with Gasteiger partial charge in [0, 0.05) is 0 Å².